The smallest absolute Gasteiger partial charge is 0.141 e. The number of imidazole rings is 1. The van der Waals surface area contributed by atoms with Crippen molar-refractivity contribution >= 4 is 11.0 Å². The first-order valence-electron chi connectivity index (χ1n) is 7.86. The maximum absolute atomic E-state index is 5.56. The first-order chi connectivity index (χ1) is 11.2. The topological polar surface area (TPSA) is 66.0 Å². The van der Waals surface area contributed by atoms with Gasteiger partial charge < -0.3 is 15.0 Å². The second kappa shape index (κ2) is 6.89. The Labute approximate surface area is 136 Å². The summed E-state index contributed by atoms with van der Waals surface area (Å²) in [6, 6.07) is 8.31. The lowest BCUT2D eigenvalue weighted by Gasteiger charge is -2.10. The normalized spacial score (nSPS) is 11.3. The lowest BCUT2D eigenvalue weighted by atomic mass is 10.1. The third-order valence-electron chi connectivity index (χ3n) is 4.02. The molecule has 0 aliphatic rings. The number of rotatable bonds is 6. The van der Waals surface area contributed by atoms with Crippen molar-refractivity contribution in [1.82, 2.24) is 14.5 Å². The number of fused-ring (bicyclic) bond motifs is 1. The van der Waals surface area contributed by atoms with Gasteiger partial charge in [0.05, 0.1) is 24.2 Å². The molecule has 0 amide bonds. The number of ether oxygens (including phenoxy) is 1. The van der Waals surface area contributed by atoms with E-state index in [0.717, 1.165) is 29.0 Å². The molecule has 2 N–H and O–H groups in total. The Morgan fingerprint density at radius 2 is 1.83 bits per heavy atom. The predicted molar refractivity (Wildman–Crippen MR) is 92.3 cm³/mol. The minimum atomic E-state index is 0.542. The molecule has 0 bridgehead atoms. The molecule has 0 aliphatic heterocycles. The highest BCUT2D eigenvalue weighted by atomic mass is 16.5. The second-order valence-corrected chi connectivity index (χ2v) is 5.65. The van der Waals surface area contributed by atoms with Gasteiger partial charge in [0.25, 0.3) is 0 Å². The molecule has 2 heterocycles. The van der Waals surface area contributed by atoms with Gasteiger partial charge in [-0.3, -0.25) is 4.98 Å². The van der Waals surface area contributed by atoms with Gasteiger partial charge in [-0.15, -0.1) is 0 Å². The van der Waals surface area contributed by atoms with Crippen LogP contribution in [0, 0.1) is 13.8 Å². The number of benzene rings is 1. The van der Waals surface area contributed by atoms with Crippen LogP contribution in [0.3, 0.4) is 0 Å². The molecule has 0 spiro atoms. The molecular formula is C18H22N4O. The largest absolute Gasteiger partial charge is 0.378 e. The van der Waals surface area contributed by atoms with Gasteiger partial charge in [-0.05, 0) is 49.2 Å². The van der Waals surface area contributed by atoms with Crippen molar-refractivity contribution in [3.8, 4) is 11.4 Å². The number of hydrogen-bond donors (Lipinski definition) is 1. The van der Waals surface area contributed by atoms with Gasteiger partial charge >= 0.3 is 0 Å². The highest BCUT2D eigenvalue weighted by molar-refractivity contribution is 5.82. The summed E-state index contributed by atoms with van der Waals surface area (Å²) in [6.45, 7) is 6.73. The summed E-state index contributed by atoms with van der Waals surface area (Å²) in [4.78, 5) is 8.93. The van der Waals surface area contributed by atoms with Gasteiger partial charge in [-0.2, -0.15) is 0 Å². The first-order valence-corrected chi connectivity index (χ1v) is 7.86. The molecule has 3 aromatic rings. The molecule has 3 rings (SSSR count). The van der Waals surface area contributed by atoms with Crippen LogP contribution >= 0.6 is 0 Å². The molecule has 5 heteroatoms. The molecule has 0 saturated carbocycles. The van der Waals surface area contributed by atoms with E-state index in [9.17, 15) is 0 Å². The van der Waals surface area contributed by atoms with E-state index in [0.29, 0.717) is 19.8 Å². The van der Waals surface area contributed by atoms with Gasteiger partial charge in [0.15, 0.2) is 0 Å². The van der Waals surface area contributed by atoms with E-state index in [1.807, 2.05) is 12.1 Å². The van der Waals surface area contributed by atoms with E-state index in [2.05, 4.69) is 35.5 Å². The number of pyridine rings is 1. The average molecular weight is 310 g/mol. The molecule has 0 unspecified atom stereocenters. The molecule has 120 valence electrons. The van der Waals surface area contributed by atoms with Crippen molar-refractivity contribution in [2.24, 2.45) is 5.73 Å². The standard InChI is InChI=1S/C18H22N4O/c1-13-11-16-17(12-14(13)2)22(8-10-23-9-5-19)18(21-16)15-3-6-20-7-4-15/h3-4,6-7,11-12H,5,8-10,19H2,1-2H3. The van der Waals surface area contributed by atoms with E-state index in [-0.39, 0.29) is 0 Å². The first kappa shape index (κ1) is 15.6. The summed E-state index contributed by atoms with van der Waals surface area (Å²) in [6.07, 6.45) is 3.58. The van der Waals surface area contributed by atoms with Gasteiger partial charge in [-0.1, -0.05) is 0 Å². The zero-order chi connectivity index (χ0) is 16.2. The number of nitrogens with zero attached hydrogens (tertiary/aromatic N) is 3. The lowest BCUT2D eigenvalue weighted by molar-refractivity contribution is 0.134. The molecule has 23 heavy (non-hydrogen) atoms. The number of hydrogen-bond acceptors (Lipinski definition) is 4. The SMILES string of the molecule is Cc1cc2nc(-c3ccncc3)n(CCOCCN)c2cc1C. The highest BCUT2D eigenvalue weighted by Crippen LogP contribution is 2.26. The Balaban J connectivity index is 2.06. The third-order valence-corrected chi connectivity index (χ3v) is 4.02. The van der Waals surface area contributed by atoms with E-state index in [1.165, 1.54) is 11.1 Å². The molecule has 0 atom stereocenters. The average Bonchev–Trinajstić information content (AvgIpc) is 2.91. The fourth-order valence-corrected chi connectivity index (χ4v) is 2.67. The van der Waals surface area contributed by atoms with Gasteiger partial charge in [-0.25, -0.2) is 4.98 Å². The Hall–Kier alpha value is -2.24. The zero-order valence-corrected chi connectivity index (χ0v) is 13.6. The van der Waals surface area contributed by atoms with Crippen molar-refractivity contribution in [3.05, 3.63) is 47.8 Å². The quantitative estimate of drug-likeness (QED) is 0.711. The maximum Gasteiger partial charge on any atom is 0.141 e. The van der Waals surface area contributed by atoms with Crippen molar-refractivity contribution in [2.45, 2.75) is 20.4 Å². The van der Waals surface area contributed by atoms with Crippen LogP contribution in [0.2, 0.25) is 0 Å². The summed E-state index contributed by atoms with van der Waals surface area (Å²) in [5, 5.41) is 0. The second-order valence-electron chi connectivity index (χ2n) is 5.65. The van der Waals surface area contributed by atoms with Gasteiger partial charge in [0, 0.05) is 31.0 Å². The minimum absolute atomic E-state index is 0.542. The molecule has 0 saturated heterocycles. The molecule has 0 aliphatic carbocycles. The monoisotopic (exact) mass is 310 g/mol. The molecule has 0 radical (unpaired) electrons. The van der Waals surface area contributed by atoms with Gasteiger partial charge in [0.1, 0.15) is 5.82 Å². The lowest BCUT2D eigenvalue weighted by Crippen LogP contribution is -2.13. The molecule has 1 aromatic carbocycles. The van der Waals surface area contributed by atoms with Crippen molar-refractivity contribution in [3.63, 3.8) is 0 Å². The van der Waals surface area contributed by atoms with Crippen LogP contribution < -0.4 is 5.73 Å². The molecular weight excluding hydrogens is 288 g/mol. The fraction of sp³-hybridized carbons (Fsp3) is 0.333. The van der Waals surface area contributed by atoms with E-state index >= 15 is 0 Å². The minimum Gasteiger partial charge on any atom is -0.378 e. The van der Waals surface area contributed by atoms with Crippen LogP contribution in [0.4, 0.5) is 0 Å². The van der Waals surface area contributed by atoms with Crippen LogP contribution in [-0.4, -0.2) is 34.3 Å². The van der Waals surface area contributed by atoms with Crippen molar-refractivity contribution in [2.75, 3.05) is 19.8 Å². The van der Waals surface area contributed by atoms with Crippen LogP contribution in [0.1, 0.15) is 11.1 Å². The summed E-state index contributed by atoms with van der Waals surface area (Å²) >= 11 is 0. The van der Waals surface area contributed by atoms with Crippen LogP contribution in [0.15, 0.2) is 36.7 Å². The Morgan fingerprint density at radius 3 is 2.57 bits per heavy atom. The van der Waals surface area contributed by atoms with Crippen molar-refractivity contribution in [1.29, 1.82) is 0 Å². The Kier molecular flexibility index (Phi) is 4.69. The van der Waals surface area contributed by atoms with Crippen LogP contribution in [0.25, 0.3) is 22.4 Å². The van der Waals surface area contributed by atoms with E-state index in [1.54, 1.807) is 12.4 Å². The number of aryl methyl sites for hydroxylation is 2. The summed E-state index contributed by atoms with van der Waals surface area (Å²) < 4.78 is 7.78. The number of aromatic nitrogens is 3. The third kappa shape index (κ3) is 3.25. The molecule has 2 aromatic heterocycles. The maximum atomic E-state index is 5.56. The van der Waals surface area contributed by atoms with Crippen molar-refractivity contribution < 1.29 is 4.74 Å². The van der Waals surface area contributed by atoms with Gasteiger partial charge in [0.2, 0.25) is 0 Å². The van der Waals surface area contributed by atoms with E-state index in [4.69, 9.17) is 15.5 Å². The highest BCUT2D eigenvalue weighted by Gasteiger charge is 2.13. The zero-order valence-electron chi connectivity index (χ0n) is 13.6. The predicted octanol–water partition coefficient (Wildman–Crippen LogP) is 2.69. The number of nitrogens with two attached hydrogens (primary N) is 1. The summed E-state index contributed by atoms with van der Waals surface area (Å²) in [5.74, 6) is 0.948. The van der Waals surface area contributed by atoms with E-state index < -0.39 is 0 Å². The fourth-order valence-electron chi connectivity index (χ4n) is 2.67. The summed E-state index contributed by atoms with van der Waals surface area (Å²) in [7, 11) is 0. The summed E-state index contributed by atoms with van der Waals surface area (Å²) in [5.41, 5.74) is 11.2. The molecule has 5 nitrogen and oxygen atoms in total. The Bertz CT molecular complexity index is 796. The van der Waals surface area contributed by atoms with Crippen LogP contribution in [-0.2, 0) is 11.3 Å². The molecule has 0 fully saturated rings. The Morgan fingerprint density at radius 1 is 1.09 bits per heavy atom. The van der Waals surface area contributed by atoms with Crippen LogP contribution in [0.5, 0.6) is 0 Å².